The average molecular weight is 338 g/mol. The highest BCUT2D eigenvalue weighted by molar-refractivity contribution is 5.53. The van der Waals surface area contributed by atoms with E-state index in [-0.39, 0.29) is 0 Å². The van der Waals surface area contributed by atoms with Crippen molar-refractivity contribution in [2.24, 2.45) is 5.92 Å². The summed E-state index contributed by atoms with van der Waals surface area (Å²) in [5, 5.41) is 0. The number of nitrogens with zero attached hydrogens (tertiary/aromatic N) is 4. The van der Waals surface area contributed by atoms with Gasteiger partial charge in [-0.2, -0.15) is 0 Å². The van der Waals surface area contributed by atoms with E-state index < -0.39 is 0 Å². The topological polar surface area (TPSA) is 51.1 Å². The molecule has 2 aliphatic rings. The lowest BCUT2D eigenvalue weighted by molar-refractivity contribution is 0.0531. The van der Waals surface area contributed by atoms with Crippen molar-refractivity contribution in [3.63, 3.8) is 0 Å². The molecule has 2 aromatic rings. The Balaban J connectivity index is 1.52. The molecule has 2 aromatic heterocycles. The summed E-state index contributed by atoms with van der Waals surface area (Å²) >= 11 is 0. The molecule has 0 N–H and O–H groups in total. The zero-order chi connectivity index (χ0) is 17.1. The third kappa shape index (κ3) is 3.66. The molecule has 132 valence electrons. The normalized spacial score (nSPS) is 21.6. The van der Waals surface area contributed by atoms with Crippen molar-refractivity contribution in [3.8, 4) is 11.5 Å². The van der Waals surface area contributed by atoms with E-state index >= 15 is 0 Å². The van der Waals surface area contributed by atoms with Gasteiger partial charge in [-0.1, -0.05) is 13.0 Å². The molecule has 0 aliphatic carbocycles. The van der Waals surface area contributed by atoms with Gasteiger partial charge >= 0.3 is 0 Å². The average Bonchev–Trinajstić information content (AvgIpc) is 3.23. The van der Waals surface area contributed by atoms with Crippen LogP contribution in [-0.2, 0) is 11.2 Å². The molecule has 1 unspecified atom stereocenters. The molecule has 0 bridgehead atoms. The minimum absolute atomic E-state index is 0.489. The quantitative estimate of drug-likeness (QED) is 0.854. The van der Waals surface area contributed by atoms with Gasteiger partial charge in [0.25, 0.3) is 0 Å². The lowest BCUT2D eigenvalue weighted by atomic mass is 9.90. The second-order valence-electron chi connectivity index (χ2n) is 6.99. The first-order valence-corrected chi connectivity index (χ1v) is 9.49. The molecule has 5 heteroatoms. The maximum absolute atomic E-state index is 5.89. The smallest absolute Gasteiger partial charge is 0.180 e. The first-order valence-electron chi connectivity index (χ1n) is 9.49. The Morgan fingerprint density at radius 1 is 1.16 bits per heavy atom. The fourth-order valence-electron chi connectivity index (χ4n) is 3.91. The fraction of sp³-hybridized carbons (Fsp3) is 0.550. The van der Waals surface area contributed by atoms with Crippen LogP contribution in [0.5, 0.6) is 0 Å². The summed E-state index contributed by atoms with van der Waals surface area (Å²) in [5.41, 5.74) is 1.92. The number of aromatic nitrogens is 3. The summed E-state index contributed by atoms with van der Waals surface area (Å²) in [7, 11) is 0. The Labute approximate surface area is 149 Å². The predicted octanol–water partition coefficient (Wildman–Crippen LogP) is 3.50. The van der Waals surface area contributed by atoms with Gasteiger partial charge in [-0.05, 0) is 50.2 Å². The molecule has 2 fully saturated rings. The van der Waals surface area contributed by atoms with Gasteiger partial charge in [-0.3, -0.25) is 4.98 Å². The zero-order valence-corrected chi connectivity index (χ0v) is 14.9. The first-order chi connectivity index (χ1) is 12.3. The number of aryl methyl sites for hydroxylation is 1. The third-order valence-electron chi connectivity index (χ3n) is 5.38. The van der Waals surface area contributed by atoms with Crippen LogP contribution in [-0.4, -0.2) is 40.8 Å². The van der Waals surface area contributed by atoms with Gasteiger partial charge < -0.3 is 9.64 Å². The molecule has 0 aromatic carbocycles. The van der Waals surface area contributed by atoms with Gasteiger partial charge in [-0.25, -0.2) is 9.97 Å². The van der Waals surface area contributed by atoms with Crippen LogP contribution in [0.15, 0.2) is 30.5 Å². The van der Waals surface area contributed by atoms with Crippen LogP contribution in [0.3, 0.4) is 0 Å². The van der Waals surface area contributed by atoms with Crippen LogP contribution < -0.4 is 4.90 Å². The molecule has 2 saturated heterocycles. The summed E-state index contributed by atoms with van der Waals surface area (Å²) < 4.78 is 5.89. The van der Waals surface area contributed by atoms with E-state index in [1.807, 2.05) is 18.2 Å². The Bertz CT molecular complexity index is 692. The van der Waals surface area contributed by atoms with Crippen LogP contribution in [0.25, 0.3) is 11.5 Å². The second kappa shape index (κ2) is 7.48. The summed E-state index contributed by atoms with van der Waals surface area (Å²) in [6.07, 6.45) is 8.03. The number of rotatable bonds is 4. The lowest BCUT2D eigenvalue weighted by Crippen LogP contribution is -2.38. The molecular weight excluding hydrogens is 312 g/mol. The highest BCUT2D eigenvalue weighted by Gasteiger charge is 2.30. The maximum Gasteiger partial charge on any atom is 0.180 e. The van der Waals surface area contributed by atoms with E-state index in [1.165, 1.54) is 25.7 Å². The molecule has 5 nitrogen and oxygen atoms in total. The largest absolute Gasteiger partial charge is 0.378 e. The SMILES string of the molecule is CCc1cc(N2CCC(C3CCCO3)CC2)nc(-c2ccccn2)n1. The standard InChI is InChI=1S/C20H26N4O/c1-2-16-14-19(23-20(22-16)17-6-3-4-10-21-17)24-11-8-15(9-12-24)18-7-5-13-25-18/h3-4,6,10,14-15,18H,2,5,7-9,11-13H2,1H3. The third-order valence-corrected chi connectivity index (χ3v) is 5.38. The molecular formula is C20H26N4O. The number of piperidine rings is 1. The van der Waals surface area contributed by atoms with Crippen molar-refractivity contribution in [2.45, 2.75) is 45.1 Å². The molecule has 2 aliphatic heterocycles. The second-order valence-corrected chi connectivity index (χ2v) is 6.99. The monoisotopic (exact) mass is 338 g/mol. The van der Waals surface area contributed by atoms with E-state index in [9.17, 15) is 0 Å². The lowest BCUT2D eigenvalue weighted by Gasteiger charge is -2.35. The highest BCUT2D eigenvalue weighted by atomic mass is 16.5. The van der Waals surface area contributed by atoms with Crippen LogP contribution in [0, 0.1) is 5.92 Å². The van der Waals surface area contributed by atoms with Crippen molar-refractivity contribution in [1.82, 2.24) is 15.0 Å². The Morgan fingerprint density at radius 3 is 2.72 bits per heavy atom. The summed E-state index contributed by atoms with van der Waals surface area (Å²) in [5.74, 6) is 2.48. The van der Waals surface area contributed by atoms with Gasteiger partial charge in [0.2, 0.25) is 0 Å². The van der Waals surface area contributed by atoms with E-state index in [0.29, 0.717) is 12.0 Å². The minimum atomic E-state index is 0.489. The number of hydrogen-bond acceptors (Lipinski definition) is 5. The molecule has 0 saturated carbocycles. The van der Waals surface area contributed by atoms with Gasteiger partial charge in [0.1, 0.15) is 11.5 Å². The van der Waals surface area contributed by atoms with Crippen LogP contribution in [0.2, 0.25) is 0 Å². The van der Waals surface area contributed by atoms with Crippen LogP contribution in [0.1, 0.15) is 38.3 Å². The predicted molar refractivity (Wildman–Crippen MR) is 98.6 cm³/mol. The van der Waals surface area contributed by atoms with Crippen molar-refractivity contribution in [3.05, 3.63) is 36.2 Å². The van der Waals surface area contributed by atoms with E-state index in [4.69, 9.17) is 9.72 Å². The van der Waals surface area contributed by atoms with Crippen LogP contribution >= 0.6 is 0 Å². The number of ether oxygens (including phenoxy) is 1. The van der Waals surface area contributed by atoms with Gasteiger partial charge in [0.15, 0.2) is 5.82 Å². The molecule has 0 spiro atoms. The highest BCUT2D eigenvalue weighted by Crippen LogP contribution is 2.31. The van der Waals surface area contributed by atoms with E-state index in [1.54, 1.807) is 6.20 Å². The minimum Gasteiger partial charge on any atom is -0.378 e. The molecule has 0 amide bonds. The Morgan fingerprint density at radius 2 is 2.04 bits per heavy atom. The summed E-state index contributed by atoms with van der Waals surface area (Å²) in [6.45, 7) is 5.18. The molecule has 1 atom stereocenters. The van der Waals surface area contributed by atoms with Gasteiger partial charge in [0.05, 0.1) is 6.10 Å². The number of anilines is 1. The molecule has 4 heterocycles. The fourth-order valence-corrected chi connectivity index (χ4v) is 3.91. The van der Waals surface area contributed by atoms with Crippen molar-refractivity contribution >= 4 is 5.82 Å². The van der Waals surface area contributed by atoms with Crippen molar-refractivity contribution in [1.29, 1.82) is 0 Å². The molecule has 0 radical (unpaired) electrons. The molecule has 25 heavy (non-hydrogen) atoms. The maximum atomic E-state index is 5.89. The van der Waals surface area contributed by atoms with Gasteiger partial charge in [-0.15, -0.1) is 0 Å². The molecule has 4 rings (SSSR count). The van der Waals surface area contributed by atoms with E-state index in [0.717, 1.165) is 49.1 Å². The zero-order valence-electron chi connectivity index (χ0n) is 14.9. The van der Waals surface area contributed by atoms with Gasteiger partial charge in [0, 0.05) is 37.7 Å². The number of hydrogen-bond donors (Lipinski definition) is 0. The summed E-state index contributed by atoms with van der Waals surface area (Å²) in [6, 6.07) is 8.02. The first kappa shape index (κ1) is 16.5. The summed E-state index contributed by atoms with van der Waals surface area (Å²) in [4.78, 5) is 16.3. The van der Waals surface area contributed by atoms with E-state index in [2.05, 4.69) is 27.9 Å². The van der Waals surface area contributed by atoms with Crippen LogP contribution in [0.4, 0.5) is 5.82 Å². The van der Waals surface area contributed by atoms with Crippen molar-refractivity contribution in [2.75, 3.05) is 24.6 Å². The Kier molecular flexibility index (Phi) is 4.92. The van der Waals surface area contributed by atoms with Crippen molar-refractivity contribution < 1.29 is 4.74 Å². The Hall–Kier alpha value is -2.01. The number of pyridine rings is 1.